The zero-order chi connectivity index (χ0) is 23.9. The summed E-state index contributed by atoms with van der Waals surface area (Å²) in [6.45, 7) is 0.558. The molecule has 3 nitrogen and oxygen atoms in total. The quantitative estimate of drug-likeness (QED) is 0.279. The van der Waals surface area contributed by atoms with Gasteiger partial charge in [0.2, 0.25) is 0 Å². The molecule has 5 heteroatoms. The molecule has 1 amide bonds. The van der Waals surface area contributed by atoms with Gasteiger partial charge in [-0.15, -0.1) is 0 Å². The molecule has 1 N–H and O–H groups in total. The SMILES string of the molecule is O=C1c2ccccc2[C@@H](c2c(-c3ccc(F)cc3)[nH]c3ccccc23)N1CCc1ccc(Cl)cc1. The van der Waals surface area contributed by atoms with Crippen LogP contribution in [-0.2, 0) is 6.42 Å². The molecule has 172 valence electrons. The van der Waals surface area contributed by atoms with Crippen LogP contribution in [0.25, 0.3) is 22.2 Å². The summed E-state index contributed by atoms with van der Waals surface area (Å²) < 4.78 is 13.7. The van der Waals surface area contributed by atoms with Crippen molar-refractivity contribution in [2.24, 2.45) is 0 Å². The molecule has 0 saturated carbocycles. The molecule has 1 aromatic heterocycles. The van der Waals surface area contributed by atoms with Crippen molar-refractivity contribution < 1.29 is 9.18 Å². The summed E-state index contributed by atoms with van der Waals surface area (Å²) in [6, 6.07) is 29.9. The molecular formula is C30H22ClFN2O. The fraction of sp³-hybridized carbons (Fsp3) is 0.100. The third kappa shape index (κ3) is 3.80. The normalized spacial score (nSPS) is 15.1. The number of aromatic amines is 1. The topological polar surface area (TPSA) is 36.1 Å². The zero-order valence-corrected chi connectivity index (χ0v) is 19.6. The second-order valence-electron chi connectivity index (χ2n) is 8.83. The van der Waals surface area contributed by atoms with Crippen LogP contribution in [0.15, 0.2) is 97.1 Å². The number of carbonyl (C=O) groups is 1. The number of aromatic nitrogens is 1. The number of benzene rings is 4. The first-order chi connectivity index (χ1) is 17.1. The number of hydrogen-bond acceptors (Lipinski definition) is 1. The van der Waals surface area contributed by atoms with Gasteiger partial charge in [-0.05, 0) is 71.6 Å². The summed E-state index contributed by atoms with van der Waals surface area (Å²) in [7, 11) is 0. The molecule has 5 aromatic rings. The highest BCUT2D eigenvalue weighted by Gasteiger charge is 2.39. The lowest BCUT2D eigenvalue weighted by atomic mass is 9.93. The number of nitrogens with one attached hydrogen (secondary N) is 1. The van der Waals surface area contributed by atoms with Crippen molar-refractivity contribution in [1.82, 2.24) is 9.88 Å². The smallest absolute Gasteiger partial charge is 0.255 e. The lowest BCUT2D eigenvalue weighted by Crippen LogP contribution is -2.31. The van der Waals surface area contributed by atoms with Crippen molar-refractivity contribution in [3.8, 4) is 11.3 Å². The van der Waals surface area contributed by atoms with Crippen LogP contribution < -0.4 is 0 Å². The number of nitrogens with zero attached hydrogens (tertiary/aromatic N) is 1. The standard InChI is InChI=1S/C30H22ClFN2O/c31-21-13-9-19(10-14-21)17-18-34-29(23-5-1-2-6-24(23)30(34)35)27-25-7-3-4-8-26(25)33-28(27)20-11-15-22(32)16-12-20/h1-16,29,33H,17-18H2/t29-/m0/s1. The Kier molecular flexibility index (Phi) is 5.39. The molecule has 0 unspecified atom stereocenters. The molecule has 0 fully saturated rings. The van der Waals surface area contributed by atoms with Crippen LogP contribution in [0.3, 0.4) is 0 Å². The van der Waals surface area contributed by atoms with E-state index < -0.39 is 0 Å². The van der Waals surface area contributed by atoms with Gasteiger partial charge in [-0.3, -0.25) is 4.79 Å². The maximum absolute atomic E-state index is 13.7. The van der Waals surface area contributed by atoms with E-state index in [1.165, 1.54) is 12.1 Å². The molecular weight excluding hydrogens is 459 g/mol. The number of carbonyl (C=O) groups excluding carboxylic acids is 1. The van der Waals surface area contributed by atoms with Crippen molar-refractivity contribution >= 4 is 28.4 Å². The van der Waals surface area contributed by atoms with Gasteiger partial charge >= 0.3 is 0 Å². The third-order valence-corrected chi connectivity index (χ3v) is 7.02. The maximum Gasteiger partial charge on any atom is 0.255 e. The van der Waals surface area contributed by atoms with Crippen LogP contribution in [-0.4, -0.2) is 22.3 Å². The average Bonchev–Trinajstić information content (AvgIpc) is 3.39. The fourth-order valence-corrected chi connectivity index (χ4v) is 5.23. The summed E-state index contributed by atoms with van der Waals surface area (Å²) in [4.78, 5) is 19.2. The van der Waals surface area contributed by atoms with E-state index in [0.29, 0.717) is 18.0 Å². The third-order valence-electron chi connectivity index (χ3n) is 6.77. The number of amides is 1. The molecule has 6 rings (SSSR count). The van der Waals surface area contributed by atoms with Crippen LogP contribution in [0, 0.1) is 5.82 Å². The summed E-state index contributed by atoms with van der Waals surface area (Å²) >= 11 is 6.06. The molecule has 0 bridgehead atoms. The van der Waals surface area contributed by atoms with E-state index in [-0.39, 0.29) is 17.8 Å². The van der Waals surface area contributed by atoms with Crippen LogP contribution in [0.2, 0.25) is 5.02 Å². The predicted octanol–water partition coefficient (Wildman–Crippen LogP) is 7.42. The van der Waals surface area contributed by atoms with E-state index in [0.717, 1.165) is 44.4 Å². The first-order valence-electron chi connectivity index (χ1n) is 11.6. The van der Waals surface area contributed by atoms with E-state index >= 15 is 0 Å². The first kappa shape index (κ1) is 21.6. The summed E-state index contributed by atoms with van der Waals surface area (Å²) in [5, 5.41) is 1.75. The molecule has 1 atom stereocenters. The number of hydrogen-bond donors (Lipinski definition) is 1. The Balaban J connectivity index is 1.51. The predicted molar refractivity (Wildman–Crippen MR) is 138 cm³/mol. The number of para-hydroxylation sites is 1. The lowest BCUT2D eigenvalue weighted by molar-refractivity contribution is 0.0753. The van der Waals surface area contributed by atoms with Crippen LogP contribution >= 0.6 is 11.6 Å². The summed E-state index contributed by atoms with van der Waals surface area (Å²) in [6.07, 6.45) is 0.710. The molecule has 35 heavy (non-hydrogen) atoms. The van der Waals surface area contributed by atoms with Crippen LogP contribution in [0.5, 0.6) is 0 Å². The van der Waals surface area contributed by atoms with E-state index in [9.17, 15) is 9.18 Å². The van der Waals surface area contributed by atoms with Gasteiger partial charge in [0.25, 0.3) is 5.91 Å². The van der Waals surface area contributed by atoms with Gasteiger partial charge in [0.05, 0.1) is 11.7 Å². The molecule has 0 saturated heterocycles. The van der Waals surface area contributed by atoms with Gasteiger partial charge in [-0.25, -0.2) is 4.39 Å². The van der Waals surface area contributed by atoms with Gasteiger partial charge in [0.1, 0.15) is 5.82 Å². The maximum atomic E-state index is 13.7. The van der Waals surface area contributed by atoms with Gasteiger partial charge in [-0.2, -0.15) is 0 Å². The Hall–Kier alpha value is -3.89. The monoisotopic (exact) mass is 480 g/mol. The average molecular weight is 481 g/mol. The van der Waals surface area contributed by atoms with Gasteiger partial charge in [0.15, 0.2) is 0 Å². The lowest BCUT2D eigenvalue weighted by Gasteiger charge is -2.27. The highest BCUT2D eigenvalue weighted by Crippen LogP contribution is 2.45. The Morgan fingerprint density at radius 2 is 1.57 bits per heavy atom. The number of fused-ring (bicyclic) bond motifs is 2. The number of rotatable bonds is 5. The molecule has 0 spiro atoms. The molecule has 2 heterocycles. The minimum Gasteiger partial charge on any atom is -0.354 e. The van der Waals surface area contributed by atoms with Crippen LogP contribution in [0.1, 0.15) is 33.1 Å². The minimum absolute atomic E-state index is 0.0231. The van der Waals surface area contributed by atoms with Crippen molar-refractivity contribution in [1.29, 1.82) is 0 Å². The first-order valence-corrected chi connectivity index (χ1v) is 12.0. The van der Waals surface area contributed by atoms with Gasteiger partial charge in [-0.1, -0.05) is 60.1 Å². The molecule has 0 aliphatic carbocycles. The van der Waals surface area contributed by atoms with Gasteiger partial charge in [0, 0.05) is 33.6 Å². The molecule has 4 aromatic carbocycles. The van der Waals surface area contributed by atoms with E-state index in [2.05, 4.69) is 11.1 Å². The minimum atomic E-state index is -0.280. The van der Waals surface area contributed by atoms with Gasteiger partial charge < -0.3 is 9.88 Å². The second-order valence-corrected chi connectivity index (χ2v) is 9.27. The van der Waals surface area contributed by atoms with E-state index in [1.807, 2.05) is 71.6 Å². The number of H-pyrrole nitrogens is 1. The Labute approximate surface area is 207 Å². The summed E-state index contributed by atoms with van der Waals surface area (Å²) in [5.74, 6) is -0.257. The van der Waals surface area contributed by atoms with Crippen molar-refractivity contribution in [3.05, 3.63) is 130 Å². The van der Waals surface area contributed by atoms with Crippen molar-refractivity contribution in [3.63, 3.8) is 0 Å². The largest absolute Gasteiger partial charge is 0.354 e. The van der Waals surface area contributed by atoms with Crippen molar-refractivity contribution in [2.75, 3.05) is 6.54 Å². The number of halogens is 2. The molecule has 0 radical (unpaired) electrons. The molecule has 1 aliphatic heterocycles. The van der Waals surface area contributed by atoms with Crippen LogP contribution in [0.4, 0.5) is 4.39 Å². The van der Waals surface area contributed by atoms with E-state index in [4.69, 9.17) is 11.6 Å². The Morgan fingerprint density at radius 1 is 0.857 bits per heavy atom. The van der Waals surface area contributed by atoms with E-state index in [1.54, 1.807) is 12.1 Å². The fourth-order valence-electron chi connectivity index (χ4n) is 5.10. The molecule has 1 aliphatic rings. The zero-order valence-electron chi connectivity index (χ0n) is 18.8. The Bertz CT molecular complexity index is 1540. The highest BCUT2D eigenvalue weighted by molar-refractivity contribution is 6.30. The summed E-state index contributed by atoms with van der Waals surface area (Å²) in [5.41, 5.74) is 6.63. The Morgan fingerprint density at radius 3 is 2.37 bits per heavy atom. The van der Waals surface area contributed by atoms with Crippen molar-refractivity contribution in [2.45, 2.75) is 12.5 Å². The second kappa shape index (κ2) is 8.71. The highest BCUT2D eigenvalue weighted by atomic mass is 35.5.